The lowest BCUT2D eigenvalue weighted by Gasteiger charge is -2.00. The van der Waals surface area contributed by atoms with Crippen LogP contribution in [0.15, 0.2) is 24.3 Å². The molecule has 2 aromatic rings. The summed E-state index contributed by atoms with van der Waals surface area (Å²) in [5, 5.41) is 12.7. The zero-order valence-electron chi connectivity index (χ0n) is 8.52. The Morgan fingerprint density at radius 3 is 2.87 bits per heavy atom. The van der Waals surface area contributed by atoms with E-state index in [0.29, 0.717) is 0 Å². The Kier molecular flexibility index (Phi) is 2.82. The van der Waals surface area contributed by atoms with Crippen LogP contribution in [0.2, 0.25) is 0 Å². The quantitative estimate of drug-likeness (QED) is 0.863. The number of hydrogen-bond acceptors (Lipinski definition) is 5. The second kappa shape index (κ2) is 4.27. The lowest BCUT2D eigenvalue weighted by atomic mass is 10.2. The average molecular weight is 221 g/mol. The largest absolute Gasteiger partial charge is 0.497 e. The standard InChI is InChI=1S/C10H11N3OS/c1-11-10-13-12-9(15-10)7-4-3-5-8(6-7)14-2/h3-6H,1-2H3,(H,11,13). The maximum atomic E-state index is 5.15. The van der Waals surface area contributed by atoms with Gasteiger partial charge in [-0.3, -0.25) is 0 Å². The molecule has 0 fully saturated rings. The van der Waals surface area contributed by atoms with E-state index in [-0.39, 0.29) is 0 Å². The normalized spacial score (nSPS) is 10.0. The highest BCUT2D eigenvalue weighted by molar-refractivity contribution is 7.18. The summed E-state index contributed by atoms with van der Waals surface area (Å²) in [4.78, 5) is 0. The minimum atomic E-state index is 0.813. The van der Waals surface area contributed by atoms with Crippen LogP contribution in [0.4, 0.5) is 5.13 Å². The molecule has 1 aromatic carbocycles. The van der Waals surface area contributed by atoms with Crippen molar-refractivity contribution in [2.75, 3.05) is 19.5 Å². The molecule has 1 N–H and O–H groups in total. The molecule has 0 aliphatic heterocycles. The maximum Gasteiger partial charge on any atom is 0.205 e. The highest BCUT2D eigenvalue weighted by Crippen LogP contribution is 2.28. The van der Waals surface area contributed by atoms with E-state index in [1.807, 2.05) is 31.3 Å². The Morgan fingerprint density at radius 2 is 2.20 bits per heavy atom. The second-order valence-electron chi connectivity index (χ2n) is 2.89. The highest BCUT2D eigenvalue weighted by Gasteiger charge is 2.05. The Hall–Kier alpha value is -1.62. The first-order chi connectivity index (χ1) is 7.33. The SMILES string of the molecule is CNc1nnc(-c2cccc(OC)c2)s1. The van der Waals surface area contributed by atoms with E-state index in [1.54, 1.807) is 7.11 Å². The Bertz CT molecular complexity index is 455. The van der Waals surface area contributed by atoms with Gasteiger partial charge in [-0.05, 0) is 12.1 Å². The summed E-state index contributed by atoms with van der Waals surface area (Å²) in [6.45, 7) is 0. The minimum absolute atomic E-state index is 0.813. The first-order valence-electron chi connectivity index (χ1n) is 4.49. The number of aromatic nitrogens is 2. The molecule has 0 aliphatic rings. The van der Waals surface area contributed by atoms with E-state index >= 15 is 0 Å². The van der Waals surface area contributed by atoms with Crippen molar-refractivity contribution in [1.82, 2.24) is 10.2 Å². The molecule has 1 heterocycles. The van der Waals surface area contributed by atoms with Crippen molar-refractivity contribution in [2.24, 2.45) is 0 Å². The Labute approximate surface area is 91.9 Å². The van der Waals surface area contributed by atoms with Crippen LogP contribution in [0.3, 0.4) is 0 Å². The summed E-state index contributed by atoms with van der Waals surface area (Å²) < 4.78 is 5.15. The van der Waals surface area contributed by atoms with Crippen LogP contribution in [0, 0.1) is 0 Å². The van der Waals surface area contributed by atoms with Gasteiger partial charge in [-0.2, -0.15) is 0 Å². The molecule has 5 heteroatoms. The van der Waals surface area contributed by atoms with Crippen LogP contribution in [0.1, 0.15) is 0 Å². The summed E-state index contributed by atoms with van der Waals surface area (Å²) in [5.41, 5.74) is 1.02. The number of hydrogen-bond donors (Lipinski definition) is 1. The monoisotopic (exact) mass is 221 g/mol. The third kappa shape index (κ3) is 2.07. The summed E-state index contributed by atoms with van der Waals surface area (Å²) in [6, 6.07) is 7.78. The molecule has 4 nitrogen and oxygen atoms in total. The van der Waals surface area contributed by atoms with Crippen molar-refractivity contribution in [3.63, 3.8) is 0 Å². The highest BCUT2D eigenvalue weighted by atomic mass is 32.1. The third-order valence-electron chi connectivity index (χ3n) is 1.96. The fourth-order valence-electron chi connectivity index (χ4n) is 1.20. The van der Waals surface area contributed by atoms with Crippen molar-refractivity contribution in [1.29, 1.82) is 0 Å². The lowest BCUT2D eigenvalue weighted by Crippen LogP contribution is -1.84. The van der Waals surface area contributed by atoms with E-state index in [2.05, 4.69) is 15.5 Å². The van der Waals surface area contributed by atoms with Gasteiger partial charge < -0.3 is 10.1 Å². The van der Waals surface area contributed by atoms with Crippen LogP contribution in [0.5, 0.6) is 5.75 Å². The molecule has 2 rings (SSSR count). The molecule has 0 radical (unpaired) electrons. The number of anilines is 1. The van der Waals surface area contributed by atoms with Crippen LogP contribution >= 0.6 is 11.3 Å². The van der Waals surface area contributed by atoms with Crippen molar-refractivity contribution >= 4 is 16.5 Å². The smallest absolute Gasteiger partial charge is 0.205 e. The van der Waals surface area contributed by atoms with E-state index < -0.39 is 0 Å². The first kappa shape index (κ1) is 9.92. The fraction of sp³-hybridized carbons (Fsp3) is 0.200. The summed E-state index contributed by atoms with van der Waals surface area (Å²) >= 11 is 1.52. The van der Waals surface area contributed by atoms with Crippen LogP contribution < -0.4 is 10.1 Å². The van der Waals surface area contributed by atoms with Crippen molar-refractivity contribution in [3.8, 4) is 16.3 Å². The van der Waals surface area contributed by atoms with Crippen molar-refractivity contribution < 1.29 is 4.74 Å². The molecule has 0 amide bonds. The first-order valence-corrected chi connectivity index (χ1v) is 5.31. The summed E-state index contributed by atoms with van der Waals surface area (Å²) in [7, 11) is 3.48. The van der Waals surface area contributed by atoms with E-state index in [0.717, 1.165) is 21.5 Å². The van der Waals surface area contributed by atoms with Gasteiger partial charge in [0.2, 0.25) is 5.13 Å². The topological polar surface area (TPSA) is 47.0 Å². The molecule has 0 saturated heterocycles. The van der Waals surface area contributed by atoms with Gasteiger partial charge in [0.25, 0.3) is 0 Å². The number of nitrogens with zero attached hydrogens (tertiary/aromatic N) is 2. The zero-order chi connectivity index (χ0) is 10.7. The van der Waals surface area contributed by atoms with E-state index in [9.17, 15) is 0 Å². The van der Waals surface area contributed by atoms with E-state index in [4.69, 9.17) is 4.74 Å². The molecule has 78 valence electrons. The number of benzene rings is 1. The number of rotatable bonds is 3. The second-order valence-corrected chi connectivity index (χ2v) is 3.87. The molecule has 0 bridgehead atoms. The minimum Gasteiger partial charge on any atom is -0.497 e. The molecular weight excluding hydrogens is 210 g/mol. The molecule has 1 aromatic heterocycles. The fourth-order valence-corrected chi connectivity index (χ4v) is 1.89. The summed E-state index contributed by atoms with van der Waals surface area (Å²) in [5.74, 6) is 0.828. The molecule has 0 spiro atoms. The molecular formula is C10H11N3OS. The van der Waals surface area contributed by atoms with Gasteiger partial charge in [0.05, 0.1) is 7.11 Å². The number of methoxy groups -OCH3 is 1. The third-order valence-corrected chi connectivity index (χ3v) is 2.95. The average Bonchev–Trinajstić information content (AvgIpc) is 2.78. The van der Waals surface area contributed by atoms with Gasteiger partial charge in [-0.15, -0.1) is 10.2 Å². The molecule has 0 unspecified atom stereocenters. The molecule has 0 atom stereocenters. The van der Waals surface area contributed by atoms with Gasteiger partial charge in [-0.1, -0.05) is 23.5 Å². The summed E-state index contributed by atoms with van der Waals surface area (Å²) in [6.07, 6.45) is 0. The van der Waals surface area contributed by atoms with Crippen LogP contribution in [-0.4, -0.2) is 24.4 Å². The van der Waals surface area contributed by atoms with E-state index in [1.165, 1.54) is 11.3 Å². The van der Waals surface area contributed by atoms with Gasteiger partial charge in [0, 0.05) is 12.6 Å². The number of ether oxygens (including phenoxy) is 1. The molecule has 0 aliphatic carbocycles. The molecule has 15 heavy (non-hydrogen) atoms. The predicted molar refractivity (Wildman–Crippen MR) is 61.4 cm³/mol. The van der Waals surface area contributed by atoms with Gasteiger partial charge in [-0.25, -0.2) is 0 Å². The van der Waals surface area contributed by atoms with Crippen LogP contribution in [0.25, 0.3) is 10.6 Å². The van der Waals surface area contributed by atoms with Gasteiger partial charge in [0.15, 0.2) is 0 Å². The maximum absolute atomic E-state index is 5.15. The lowest BCUT2D eigenvalue weighted by molar-refractivity contribution is 0.415. The van der Waals surface area contributed by atoms with Crippen molar-refractivity contribution in [2.45, 2.75) is 0 Å². The van der Waals surface area contributed by atoms with Crippen LogP contribution in [-0.2, 0) is 0 Å². The zero-order valence-corrected chi connectivity index (χ0v) is 9.34. The number of nitrogens with one attached hydrogen (secondary N) is 1. The Balaban J connectivity index is 2.35. The van der Waals surface area contributed by atoms with Gasteiger partial charge >= 0.3 is 0 Å². The Morgan fingerprint density at radius 1 is 1.33 bits per heavy atom. The molecule has 0 saturated carbocycles. The van der Waals surface area contributed by atoms with Gasteiger partial charge in [0.1, 0.15) is 10.8 Å². The van der Waals surface area contributed by atoms with Crippen molar-refractivity contribution in [3.05, 3.63) is 24.3 Å². The predicted octanol–water partition coefficient (Wildman–Crippen LogP) is 2.26.